The van der Waals surface area contributed by atoms with Crippen LogP contribution in [0, 0.1) is 6.92 Å². The third-order valence-corrected chi connectivity index (χ3v) is 4.41. The van der Waals surface area contributed by atoms with Gasteiger partial charge in [-0.2, -0.15) is 0 Å². The van der Waals surface area contributed by atoms with Crippen molar-refractivity contribution in [3.05, 3.63) is 35.4 Å². The highest BCUT2D eigenvalue weighted by Crippen LogP contribution is 2.12. The van der Waals surface area contributed by atoms with Crippen molar-refractivity contribution < 1.29 is 13.5 Å². The second-order valence-corrected chi connectivity index (χ2v) is 6.70. The molecule has 0 heterocycles. The summed E-state index contributed by atoms with van der Waals surface area (Å²) in [6.45, 7) is 3.51. The van der Waals surface area contributed by atoms with Crippen molar-refractivity contribution in [3.8, 4) is 0 Å². The molecule has 4 heteroatoms. The number of hydrogen-bond donors (Lipinski definition) is 1. The van der Waals surface area contributed by atoms with Crippen molar-refractivity contribution >= 4 is 9.84 Å². The monoisotopic (exact) mass is 242 g/mol. The Morgan fingerprint density at radius 1 is 1.38 bits per heavy atom. The molecular formula is C12H18O3S. The van der Waals surface area contributed by atoms with Gasteiger partial charge in [-0.1, -0.05) is 29.8 Å². The van der Waals surface area contributed by atoms with Gasteiger partial charge in [0.05, 0.1) is 11.4 Å². The molecule has 0 bridgehead atoms. The first kappa shape index (κ1) is 13.2. The highest BCUT2D eigenvalue weighted by molar-refractivity contribution is 7.91. The van der Waals surface area contributed by atoms with E-state index in [2.05, 4.69) is 0 Å². The van der Waals surface area contributed by atoms with Crippen LogP contribution in [0.15, 0.2) is 24.3 Å². The van der Waals surface area contributed by atoms with Crippen LogP contribution in [0.2, 0.25) is 0 Å². The van der Waals surface area contributed by atoms with Crippen LogP contribution in [0.3, 0.4) is 0 Å². The van der Waals surface area contributed by atoms with Gasteiger partial charge in [0.25, 0.3) is 0 Å². The zero-order valence-corrected chi connectivity index (χ0v) is 10.7. The van der Waals surface area contributed by atoms with E-state index in [-0.39, 0.29) is 0 Å². The fraction of sp³-hybridized carbons (Fsp3) is 0.500. The Labute approximate surface area is 97.0 Å². The van der Waals surface area contributed by atoms with Crippen LogP contribution in [-0.4, -0.2) is 31.1 Å². The van der Waals surface area contributed by atoms with Gasteiger partial charge in [-0.15, -0.1) is 0 Å². The number of benzene rings is 1. The Morgan fingerprint density at radius 3 is 2.50 bits per heavy atom. The van der Waals surface area contributed by atoms with Crippen LogP contribution in [0.5, 0.6) is 0 Å². The first-order valence-electron chi connectivity index (χ1n) is 5.23. The molecule has 90 valence electrons. The van der Waals surface area contributed by atoms with Gasteiger partial charge in [0.1, 0.15) is 0 Å². The maximum absolute atomic E-state index is 11.3. The van der Waals surface area contributed by atoms with Gasteiger partial charge in [-0.05, 0) is 25.8 Å². The molecule has 0 spiro atoms. The van der Waals surface area contributed by atoms with Crippen molar-refractivity contribution in [2.24, 2.45) is 0 Å². The van der Waals surface area contributed by atoms with E-state index >= 15 is 0 Å². The van der Waals surface area contributed by atoms with E-state index in [0.717, 1.165) is 17.4 Å². The van der Waals surface area contributed by atoms with Crippen LogP contribution in [0.25, 0.3) is 0 Å². The third-order valence-electron chi connectivity index (χ3n) is 2.74. The molecule has 0 aromatic heterocycles. The van der Waals surface area contributed by atoms with Crippen LogP contribution in [-0.2, 0) is 16.3 Å². The zero-order chi connectivity index (χ0) is 12.3. The molecule has 0 saturated carbocycles. The van der Waals surface area contributed by atoms with E-state index in [1.165, 1.54) is 6.92 Å². The first-order chi connectivity index (χ1) is 7.30. The molecule has 1 rings (SSSR count). The highest BCUT2D eigenvalue weighted by atomic mass is 32.2. The standard InChI is InChI=1S/C12H18O3S/c1-9-5-4-6-11(7-9)8-12(13)10(2)16(3,14)15/h4-7,10,12-13H,8H2,1-3H3. The maximum Gasteiger partial charge on any atom is 0.152 e. The van der Waals surface area contributed by atoms with Gasteiger partial charge in [0.2, 0.25) is 0 Å². The minimum absolute atomic E-state index is 0.371. The molecule has 1 N–H and O–H groups in total. The molecule has 1 aromatic rings. The first-order valence-corrected chi connectivity index (χ1v) is 7.18. The average Bonchev–Trinajstić information content (AvgIpc) is 2.15. The molecule has 0 aliphatic carbocycles. The summed E-state index contributed by atoms with van der Waals surface area (Å²) in [7, 11) is -3.18. The molecule has 0 aliphatic rings. The Morgan fingerprint density at radius 2 is 2.00 bits per heavy atom. The fourth-order valence-corrected chi connectivity index (χ4v) is 2.20. The number of hydrogen-bond acceptors (Lipinski definition) is 3. The predicted octanol–water partition coefficient (Wildman–Crippen LogP) is 1.33. The average molecular weight is 242 g/mol. The normalized spacial score (nSPS) is 15.8. The summed E-state index contributed by atoms with van der Waals surface area (Å²) in [4.78, 5) is 0. The molecule has 0 fully saturated rings. The Bertz CT molecular complexity index is 451. The minimum atomic E-state index is -3.18. The van der Waals surface area contributed by atoms with Gasteiger partial charge >= 0.3 is 0 Å². The number of rotatable bonds is 4. The summed E-state index contributed by atoms with van der Waals surface area (Å²) in [6, 6.07) is 7.72. The molecule has 0 amide bonds. The molecule has 2 unspecified atom stereocenters. The summed E-state index contributed by atoms with van der Waals surface area (Å²) < 4.78 is 22.5. The summed E-state index contributed by atoms with van der Waals surface area (Å²) in [5.41, 5.74) is 2.07. The second kappa shape index (κ2) is 4.97. The zero-order valence-electron chi connectivity index (χ0n) is 9.84. The molecule has 0 aliphatic heterocycles. The molecule has 0 radical (unpaired) electrons. The van der Waals surface area contributed by atoms with Crippen molar-refractivity contribution in [3.63, 3.8) is 0 Å². The van der Waals surface area contributed by atoms with E-state index in [1.54, 1.807) is 0 Å². The minimum Gasteiger partial charge on any atom is -0.391 e. The van der Waals surface area contributed by atoms with Gasteiger partial charge in [-0.3, -0.25) is 0 Å². The molecule has 2 atom stereocenters. The quantitative estimate of drug-likeness (QED) is 0.866. The smallest absolute Gasteiger partial charge is 0.152 e. The van der Waals surface area contributed by atoms with Crippen LogP contribution >= 0.6 is 0 Å². The summed E-state index contributed by atoms with van der Waals surface area (Å²) >= 11 is 0. The van der Waals surface area contributed by atoms with E-state index in [1.807, 2.05) is 31.2 Å². The molecule has 1 aromatic carbocycles. The van der Waals surface area contributed by atoms with Crippen molar-refractivity contribution in [2.75, 3.05) is 6.26 Å². The summed E-state index contributed by atoms with van der Waals surface area (Å²) in [6.07, 6.45) is 0.671. The number of aryl methyl sites for hydroxylation is 1. The van der Waals surface area contributed by atoms with E-state index in [4.69, 9.17) is 0 Å². The molecule has 16 heavy (non-hydrogen) atoms. The van der Waals surface area contributed by atoms with Crippen molar-refractivity contribution in [1.82, 2.24) is 0 Å². The van der Waals surface area contributed by atoms with Crippen molar-refractivity contribution in [1.29, 1.82) is 0 Å². The van der Waals surface area contributed by atoms with E-state index in [0.29, 0.717) is 6.42 Å². The fourth-order valence-electron chi connectivity index (χ4n) is 1.53. The van der Waals surface area contributed by atoms with Gasteiger partial charge in [-0.25, -0.2) is 8.42 Å². The lowest BCUT2D eigenvalue weighted by molar-refractivity contribution is 0.173. The predicted molar refractivity (Wildman–Crippen MR) is 65.2 cm³/mol. The summed E-state index contributed by atoms with van der Waals surface area (Å²) in [5, 5.41) is 9.09. The molecule has 0 saturated heterocycles. The van der Waals surface area contributed by atoms with E-state index < -0.39 is 21.2 Å². The van der Waals surface area contributed by atoms with Gasteiger partial charge in [0, 0.05) is 6.26 Å². The van der Waals surface area contributed by atoms with Crippen LogP contribution in [0.1, 0.15) is 18.1 Å². The third kappa shape index (κ3) is 3.61. The lowest BCUT2D eigenvalue weighted by Gasteiger charge is -2.17. The SMILES string of the molecule is Cc1cccc(CC(O)C(C)S(C)(=O)=O)c1. The Balaban J connectivity index is 2.75. The topological polar surface area (TPSA) is 54.4 Å². The second-order valence-electron chi connectivity index (χ2n) is 4.30. The maximum atomic E-state index is 11.3. The van der Waals surface area contributed by atoms with Gasteiger partial charge in [0.15, 0.2) is 9.84 Å². The number of aliphatic hydroxyl groups excluding tert-OH is 1. The largest absolute Gasteiger partial charge is 0.391 e. The van der Waals surface area contributed by atoms with Crippen LogP contribution in [0.4, 0.5) is 0 Å². The summed E-state index contributed by atoms with van der Waals surface area (Å²) in [5.74, 6) is 0. The number of aliphatic hydroxyl groups is 1. The Hall–Kier alpha value is -0.870. The Kier molecular flexibility index (Phi) is 4.10. The van der Waals surface area contributed by atoms with Gasteiger partial charge < -0.3 is 5.11 Å². The van der Waals surface area contributed by atoms with E-state index in [9.17, 15) is 13.5 Å². The lowest BCUT2D eigenvalue weighted by atomic mass is 10.0. The molecule has 3 nitrogen and oxygen atoms in total. The van der Waals surface area contributed by atoms with Crippen LogP contribution < -0.4 is 0 Å². The highest BCUT2D eigenvalue weighted by Gasteiger charge is 2.23. The van der Waals surface area contributed by atoms with Crippen molar-refractivity contribution in [2.45, 2.75) is 31.6 Å². The lowest BCUT2D eigenvalue weighted by Crippen LogP contribution is -2.32. The molecular weight excluding hydrogens is 224 g/mol. The number of sulfone groups is 1.